The van der Waals surface area contributed by atoms with Crippen LogP contribution in [0.4, 0.5) is 4.39 Å². The molecular weight excluding hydrogens is 329 g/mol. The lowest BCUT2D eigenvalue weighted by molar-refractivity contribution is 0.0632. The van der Waals surface area contributed by atoms with Crippen molar-refractivity contribution in [1.82, 2.24) is 14.5 Å². The topological polar surface area (TPSA) is 57.8 Å². The van der Waals surface area contributed by atoms with E-state index in [1.54, 1.807) is 10.7 Å². The maximum atomic E-state index is 14.0. The zero-order chi connectivity index (χ0) is 14.3. The van der Waals surface area contributed by atoms with Gasteiger partial charge in [-0.1, -0.05) is 0 Å². The Morgan fingerprint density at radius 3 is 3.10 bits per heavy atom. The number of halogens is 2. The molecule has 1 aliphatic heterocycles. The van der Waals surface area contributed by atoms with Crippen molar-refractivity contribution in [3.05, 3.63) is 34.6 Å². The van der Waals surface area contributed by atoms with Crippen molar-refractivity contribution < 1.29 is 14.3 Å². The van der Waals surface area contributed by atoms with E-state index in [-0.39, 0.29) is 18.9 Å². The molecule has 0 radical (unpaired) electrons. The minimum Gasteiger partial charge on any atom is -0.393 e. The zero-order valence-electron chi connectivity index (χ0n) is 10.6. The Labute approximate surface area is 123 Å². The van der Waals surface area contributed by atoms with Crippen LogP contribution in [0.5, 0.6) is 0 Å². The van der Waals surface area contributed by atoms with Crippen molar-refractivity contribution in [2.45, 2.75) is 12.1 Å². The Balaban J connectivity index is 1.94. The summed E-state index contributed by atoms with van der Waals surface area (Å²) in [5.41, 5.74) is -0.590. The molecular formula is C13H13BrFN3O2. The van der Waals surface area contributed by atoms with E-state index in [9.17, 15) is 9.18 Å². The van der Waals surface area contributed by atoms with Gasteiger partial charge in [0, 0.05) is 23.6 Å². The SMILES string of the molecule is O=C(c1cnn2cccc(Br)c12)N1CC[C@@](F)(CO)C1. The maximum Gasteiger partial charge on any atom is 0.257 e. The highest BCUT2D eigenvalue weighted by molar-refractivity contribution is 9.10. The fraction of sp³-hybridized carbons (Fsp3) is 0.385. The minimum absolute atomic E-state index is 0.0792. The second kappa shape index (κ2) is 4.82. The lowest BCUT2D eigenvalue weighted by atomic mass is 10.1. The van der Waals surface area contributed by atoms with Gasteiger partial charge in [0.1, 0.15) is 0 Å². The largest absolute Gasteiger partial charge is 0.393 e. The molecule has 20 heavy (non-hydrogen) atoms. The molecule has 3 rings (SSSR count). The maximum absolute atomic E-state index is 14.0. The summed E-state index contributed by atoms with van der Waals surface area (Å²) in [5.74, 6) is -0.264. The summed E-state index contributed by atoms with van der Waals surface area (Å²) in [7, 11) is 0. The summed E-state index contributed by atoms with van der Waals surface area (Å²) in [6.45, 7) is -0.336. The summed E-state index contributed by atoms with van der Waals surface area (Å²) in [5, 5.41) is 13.2. The number of rotatable bonds is 2. The average Bonchev–Trinajstić information content (AvgIpc) is 3.04. The number of carbonyl (C=O) groups is 1. The lowest BCUT2D eigenvalue weighted by Crippen LogP contribution is -2.35. The Bertz CT molecular complexity index is 675. The Kier molecular flexibility index (Phi) is 3.25. The molecule has 106 valence electrons. The molecule has 0 aliphatic carbocycles. The number of alkyl halides is 1. The first-order valence-corrected chi connectivity index (χ1v) is 7.04. The fourth-order valence-electron chi connectivity index (χ4n) is 2.47. The normalized spacial score (nSPS) is 22.6. The molecule has 5 nitrogen and oxygen atoms in total. The van der Waals surface area contributed by atoms with Crippen LogP contribution in [0.15, 0.2) is 29.0 Å². The number of hydrogen-bond donors (Lipinski definition) is 1. The van der Waals surface area contributed by atoms with Crippen LogP contribution in [0.3, 0.4) is 0 Å². The highest BCUT2D eigenvalue weighted by atomic mass is 79.9. The molecule has 1 aliphatic rings. The first-order chi connectivity index (χ1) is 9.54. The van der Waals surface area contributed by atoms with Crippen LogP contribution in [0, 0.1) is 0 Å². The first kappa shape index (κ1) is 13.5. The summed E-state index contributed by atoms with van der Waals surface area (Å²) in [4.78, 5) is 13.9. The summed E-state index contributed by atoms with van der Waals surface area (Å²) < 4.78 is 16.4. The Morgan fingerprint density at radius 1 is 1.60 bits per heavy atom. The van der Waals surface area contributed by atoms with Gasteiger partial charge in [-0.15, -0.1) is 0 Å². The number of carbonyl (C=O) groups excluding carboxylic acids is 1. The number of nitrogens with zero attached hydrogens (tertiary/aromatic N) is 3. The number of pyridine rings is 1. The molecule has 0 spiro atoms. The van der Waals surface area contributed by atoms with Crippen LogP contribution in [-0.2, 0) is 0 Å². The molecule has 0 aromatic carbocycles. The number of aliphatic hydroxyl groups excluding tert-OH is 1. The number of aliphatic hydroxyl groups is 1. The first-order valence-electron chi connectivity index (χ1n) is 6.25. The van der Waals surface area contributed by atoms with E-state index in [1.165, 1.54) is 11.1 Å². The van der Waals surface area contributed by atoms with Gasteiger partial charge in [-0.3, -0.25) is 4.79 Å². The quantitative estimate of drug-likeness (QED) is 0.903. The van der Waals surface area contributed by atoms with Crippen molar-refractivity contribution >= 4 is 27.4 Å². The predicted octanol–water partition coefficient (Wildman–Crippen LogP) is 1.64. The van der Waals surface area contributed by atoms with Crippen LogP contribution < -0.4 is 0 Å². The highest BCUT2D eigenvalue weighted by Gasteiger charge is 2.40. The standard InChI is InChI=1S/C13H13BrFN3O2/c14-10-2-1-4-18-11(10)9(6-16-18)12(20)17-5-3-13(15,7-17)8-19/h1-2,4,6,19H,3,5,7-8H2/t13-/m0/s1. The average molecular weight is 342 g/mol. The number of fused-ring (bicyclic) bond motifs is 1. The third kappa shape index (κ3) is 2.10. The Morgan fingerprint density at radius 2 is 2.40 bits per heavy atom. The van der Waals surface area contributed by atoms with Gasteiger partial charge in [-0.05, 0) is 28.1 Å². The monoisotopic (exact) mass is 341 g/mol. The van der Waals surface area contributed by atoms with E-state index in [0.717, 1.165) is 4.47 Å². The van der Waals surface area contributed by atoms with Gasteiger partial charge in [0.25, 0.3) is 5.91 Å². The number of aromatic nitrogens is 2. The number of amides is 1. The zero-order valence-corrected chi connectivity index (χ0v) is 12.2. The molecule has 0 saturated carbocycles. The second-order valence-electron chi connectivity index (χ2n) is 4.99. The van der Waals surface area contributed by atoms with E-state index in [1.807, 2.05) is 12.1 Å². The summed E-state index contributed by atoms with van der Waals surface area (Å²) >= 11 is 3.39. The minimum atomic E-state index is -1.68. The second-order valence-corrected chi connectivity index (χ2v) is 5.85. The van der Waals surface area contributed by atoms with Crippen molar-refractivity contribution in [2.75, 3.05) is 19.7 Å². The summed E-state index contributed by atoms with van der Waals surface area (Å²) in [6.07, 6.45) is 3.39. The van der Waals surface area contributed by atoms with E-state index in [4.69, 9.17) is 5.11 Å². The third-order valence-electron chi connectivity index (χ3n) is 3.60. The number of likely N-dealkylation sites (tertiary alicyclic amines) is 1. The molecule has 7 heteroatoms. The smallest absolute Gasteiger partial charge is 0.257 e. The molecule has 2 aromatic rings. The van der Waals surface area contributed by atoms with E-state index in [0.29, 0.717) is 17.6 Å². The summed E-state index contributed by atoms with van der Waals surface area (Å²) in [6, 6.07) is 3.64. The van der Waals surface area contributed by atoms with Crippen molar-refractivity contribution in [2.24, 2.45) is 0 Å². The van der Waals surface area contributed by atoms with Gasteiger partial charge in [-0.2, -0.15) is 5.10 Å². The molecule has 2 aromatic heterocycles. The van der Waals surface area contributed by atoms with Crippen LogP contribution in [0.1, 0.15) is 16.8 Å². The van der Waals surface area contributed by atoms with Crippen LogP contribution in [-0.4, -0.2) is 50.9 Å². The molecule has 0 unspecified atom stereocenters. The Hall–Kier alpha value is -1.47. The van der Waals surface area contributed by atoms with E-state index < -0.39 is 12.3 Å². The molecule has 1 N–H and O–H groups in total. The molecule has 1 fully saturated rings. The van der Waals surface area contributed by atoms with Gasteiger partial charge >= 0.3 is 0 Å². The number of hydrogen-bond acceptors (Lipinski definition) is 3. The van der Waals surface area contributed by atoms with Crippen LogP contribution >= 0.6 is 15.9 Å². The van der Waals surface area contributed by atoms with Gasteiger partial charge < -0.3 is 10.0 Å². The van der Waals surface area contributed by atoms with E-state index >= 15 is 0 Å². The van der Waals surface area contributed by atoms with Gasteiger partial charge in [0.05, 0.1) is 30.4 Å². The van der Waals surface area contributed by atoms with Crippen molar-refractivity contribution in [1.29, 1.82) is 0 Å². The predicted molar refractivity (Wildman–Crippen MR) is 74.3 cm³/mol. The van der Waals surface area contributed by atoms with Gasteiger partial charge in [0.15, 0.2) is 5.67 Å². The van der Waals surface area contributed by atoms with Gasteiger partial charge in [-0.25, -0.2) is 8.91 Å². The highest BCUT2D eigenvalue weighted by Crippen LogP contribution is 2.28. The van der Waals surface area contributed by atoms with Crippen LogP contribution in [0.2, 0.25) is 0 Å². The fourth-order valence-corrected chi connectivity index (χ4v) is 3.01. The molecule has 1 atom stereocenters. The third-order valence-corrected chi connectivity index (χ3v) is 4.24. The molecule has 1 amide bonds. The van der Waals surface area contributed by atoms with Crippen LogP contribution in [0.25, 0.3) is 5.52 Å². The van der Waals surface area contributed by atoms with Gasteiger partial charge in [0.2, 0.25) is 0 Å². The molecule has 0 bridgehead atoms. The van der Waals surface area contributed by atoms with Crippen molar-refractivity contribution in [3.8, 4) is 0 Å². The lowest BCUT2D eigenvalue weighted by Gasteiger charge is -2.18. The van der Waals surface area contributed by atoms with E-state index in [2.05, 4.69) is 21.0 Å². The van der Waals surface area contributed by atoms with Crippen molar-refractivity contribution in [3.63, 3.8) is 0 Å². The molecule has 3 heterocycles. The molecule has 1 saturated heterocycles.